The summed E-state index contributed by atoms with van der Waals surface area (Å²) < 4.78 is 43.1. The van der Waals surface area contributed by atoms with Crippen LogP contribution in [0.4, 0.5) is 19.0 Å². The predicted molar refractivity (Wildman–Crippen MR) is 105 cm³/mol. The Morgan fingerprint density at radius 3 is 2.57 bits per heavy atom. The van der Waals surface area contributed by atoms with E-state index in [0.717, 1.165) is 12.3 Å². The largest absolute Gasteiger partial charge is 0.452 e. The molecule has 0 spiro atoms. The Morgan fingerprint density at radius 1 is 1.23 bits per heavy atom. The van der Waals surface area contributed by atoms with Crippen molar-refractivity contribution < 1.29 is 27.5 Å². The molecule has 0 atom stereocenters. The quantitative estimate of drug-likeness (QED) is 0.504. The molecule has 2 aromatic rings. The number of thiazole rings is 1. The Kier molecular flexibility index (Phi) is 6.93. The molecule has 0 saturated carbocycles. The number of esters is 1. The van der Waals surface area contributed by atoms with Crippen molar-refractivity contribution in [1.82, 2.24) is 14.9 Å². The molecule has 0 aromatic carbocycles. The average molecular weight is 461 g/mol. The van der Waals surface area contributed by atoms with Crippen LogP contribution >= 0.6 is 22.9 Å². The van der Waals surface area contributed by atoms with E-state index >= 15 is 0 Å². The average Bonchev–Trinajstić information content (AvgIpc) is 3.23. The van der Waals surface area contributed by atoms with Gasteiger partial charge in [0, 0.05) is 50.0 Å². The summed E-state index contributed by atoms with van der Waals surface area (Å²) in [5.74, 6) is -0.787. The van der Waals surface area contributed by atoms with Crippen LogP contribution in [0, 0.1) is 0 Å². The summed E-state index contributed by atoms with van der Waals surface area (Å²) in [6.07, 6.45) is 0.510. The van der Waals surface area contributed by atoms with E-state index in [1.807, 2.05) is 0 Å². The van der Waals surface area contributed by atoms with Crippen molar-refractivity contribution in [2.45, 2.75) is 6.18 Å². The van der Waals surface area contributed by atoms with Crippen molar-refractivity contribution in [2.24, 2.45) is 0 Å². The first kappa shape index (κ1) is 22.0. The molecule has 30 heavy (non-hydrogen) atoms. The standard InChI is InChI=1S/C18H16ClF3N4O3S/c19-13-9-12(18(20,21)22)10-24-17(13)26-6-4-25(5-7-26)15(27)11-29-16(28)2-1-14-23-3-8-30-14/h1-3,8-10H,4-7,11H2. The number of carbonyl (C=O) groups excluding carboxylic acids is 2. The second-order valence-corrected chi connectivity index (χ2v) is 7.54. The van der Waals surface area contributed by atoms with Gasteiger partial charge < -0.3 is 14.5 Å². The molecule has 3 rings (SSSR count). The Labute approximate surface area is 178 Å². The molecule has 1 aliphatic rings. The topological polar surface area (TPSA) is 75.6 Å². The number of pyridine rings is 1. The summed E-state index contributed by atoms with van der Waals surface area (Å²) in [6.45, 7) is 0.860. The zero-order chi connectivity index (χ0) is 21.7. The molecule has 2 aromatic heterocycles. The van der Waals surface area contributed by atoms with Crippen molar-refractivity contribution in [1.29, 1.82) is 0 Å². The molecular formula is C18H16ClF3N4O3S. The minimum absolute atomic E-state index is 0.106. The normalized spacial score (nSPS) is 14.9. The van der Waals surface area contributed by atoms with E-state index < -0.39 is 24.3 Å². The van der Waals surface area contributed by atoms with Gasteiger partial charge in [0.25, 0.3) is 5.91 Å². The Bertz CT molecular complexity index is 929. The van der Waals surface area contributed by atoms with Crippen LogP contribution in [0.2, 0.25) is 5.02 Å². The van der Waals surface area contributed by atoms with Gasteiger partial charge in [-0.25, -0.2) is 14.8 Å². The van der Waals surface area contributed by atoms with Gasteiger partial charge in [-0.3, -0.25) is 4.79 Å². The molecule has 1 aliphatic heterocycles. The molecule has 3 heterocycles. The van der Waals surface area contributed by atoms with Crippen LogP contribution in [0.1, 0.15) is 10.6 Å². The zero-order valence-corrected chi connectivity index (χ0v) is 17.0. The van der Waals surface area contributed by atoms with Crippen LogP contribution in [0.15, 0.2) is 29.9 Å². The van der Waals surface area contributed by atoms with Gasteiger partial charge in [-0.05, 0) is 12.1 Å². The van der Waals surface area contributed by atoms with E-state index in [4.69, 9.17) is 16.3 Å². The minimum Gasteiger partial charge on any atom is -0.452 e. The van der Waals surface area contributed by atoms with Gasteiger partial charge in [0.05, 0.1) is 10.6 Å². The maximum absolute atomic E-state index is 12.7. The third kappa shape index (κ3) is 5.70. The number of halogens is 4. The molecule has 1 fully saturated rings. The molecule has 1 saturated heterocycles. The third-order valence-corrected chi connectivity index (χ3v) is 5.25. The smallest absolute Gasteiger partial charge is 0.417 e. The fourth-order valence-corrected chi connectivity index (χ4v) is 3.53. The second-order valence-electron chi connectivity index (χ2n) is 6.21. The first-order valence-corrected chi connectivity index (χ1v) is 9.99. The first-order valence-electron chi connectivity index (χ1n) is 8.74. The molecule has 0 unspecified atom stereocenters. The fourth-order valence-electron chi connectivity index (χ4n) is 2.71. The van der Waals surface area contributed by atoms with Gasteiger partial charge in [0.2, 0.25) is 0 Å². The van der Waals surface area contributed by atoms with E-state index in [-0.39, 0.29) is 16.7 Å². The maximum atomic E-state index is 12.7. The van der Waals surface area contributed by atoms with Crippen LogP contribution in [-0.4, -0.2) is 59.5 Å². The highest BCUT2D eigenvalue weighted by molar-refractivity contribution is 7.10. The number of amides is 1. The van der Waals surface area contributed by atoms with E-state index in [0.29, 0.717) is 31.2 Å². The number of rotatable bonds is 5. The van der Waals surface area contributed by atoms with Gasteiger partial charge in [-0.15, -0.1) is 11.3 Å². The summed E-state index contributed by atoms with van der Waals surface area (Å²) in [5.41, 5.74) is -0.921. The van der Waals surface area contributed by atoms with Crippen LogP contribution in [-0.2, 0) is 20.5 Å². The number of carbonyl (C=O) groups is 2. The minimum atomic E-state index is -4.52. The Morgan fingerprint density at radius 2 is 1.97 bits per heavy atom. The first-order chi connectivity index (χ1) is 14.2. The fraction of sp³-hybridized carbons (Fsp3) is 0.333. The van der Waals surface area contributed by atoms with Crippen molar-refractivity contribution in [3.05, 3.63) is 45.5 Å². The molecule has 0 radical (unpaired) electrons. The molecule has 12 heteroatoms. The van der Waals surface area contributed by atoms with Crippen molar-refractivity contribution >= 4 is 46.7 Å². The third-order valence-electron chi connectivity index (χ3n) is 4.23. The van der Waals surface area contributed by atoms with Crippen LogP contribution in [0.3, 0.4) is 0 Å². The lowest BCUT2D eigenvalue weighted by molar-refractivity contribution is -0.148. The van der Waals surface area contributed by atoms with Gasteiger partial charge in [-0.2, -0.15) is 13.2 Å². The van der Waals surface area contributed by atoms with Gasteiger partial charge in [-0.1, -0.05) is 11.6 Å². The highest BCUT2D eigenvalue weighted by Crippen LogP contribution is 2.33. The molecule has 160 valence electrons. The van der Waals surface area contributed by atoms with Crippen molar-refractivity contribution in [3.8, 4) is 0 Å². The van der Waals surface area contributed by atoms with Gasteiger partial charge in [0.1, 0.15) is 10.8 Å². The van der Waals surface area contributed by atoms with Crippen LogP contribution in [0.25, 0.3) is 6.08 Å². The van der Waals surface area contributed by atoms with Crippen LogP contribution < -0.4 is 4.90 Å². The van der Waals surface area contributed by atoms with E-state index in [1.54, 1.807) is 16.5 Å². The number of aromatic nitrogens is 2. The number of hydrogen-bond donors (Lipinski definition) is 0. The number of alkyl halides is 3. The van der Waals surface area contributed by atoms with E-state index in [9.17, 15) is 22.8 Å². The highest BCUT2D eigenvalue weighted by Gasteiger charge is 2.32. The lowest BCUT2D eigenvalue weighted by atomic mass is 10.2. The summed E-state index contributed by atoms with van der Waals surface area (Å²) in [6, 6.07) is 0.833. The molecule has 0 N–H and O–H groups in total. The zero-order valence-electron chi connectivity index (χ0n) is 15.4. The number of hydrogen-bond acceptors (Lipinski definition) is 7. The molecule has 7 nitrogen and oxygen atoms in total. The summed E-state index contributed by atoms with van der Waals surface area (Å²) in [4.78, 5) is 34.9. The van der Waals surface area contributed by atoms with E-state index in [2.05, 4.69) is 9.97 Å². The Hall–Kier alpha value is -2.66. The van der Waals surface area contributed by atoms with Crippen LogP contribution in [0.5, 0.6) is 0 Å². The number of piperazine rings is 1. The molecule has 1 amide bonds. The lowest BCUT2D eigenvalue weighted by Crippen LogP contribution is -2.50. The summed E-state index contributed by atoms with van der Waals surface area (Å²) in [5, 5.41) is 2.30. The number of ether oxygens (including phenoxy) is 1. The molecule has 0 bridgehead atoms. The summed E-state index contributed by atoms with van der Waals surface area (Å²) >= 11 is 7.32. The number of nitrogens with zero attached hydrogens (tertiary/aromatic N) is 4. The van der Waals surface area contributed by atoms with Gasteiger partial charge >= 0.3 is 12.1 Å². The predicted octanol–water partition coefficient (Wildman–Crippen LogP) is 3.12. The van der Waals surface area contributed by atoms with Gasteiger partial charge in [0.15, 0.2) is 6.61 Å². The highest BCUT2D eigenvalue weighted by atomic mass is 35.5. The second kappa shape index (κ2) is 9.43. The molecular weight excluding hydrogens is 445 g/mol. The molecule has 0 aliphatic carbocycles. The SMILES string of the molecule is O=C(C=Cc1nccs1)OCC(=O)N1CCN(c2ncc(C(F)(F)F)cc2Cl)CC1. The lowest BCUT2D eigenvalue weighted by Gasteiger charge is -2.35. The number of anilines is 1. The summed E-state index contributed by atoms with van der Waals surface area (Å²) in [7, 11) is 0. The Balaban J connectivity index is 1.48. The monoisotopic (exact) mass is 460 g/mol. The van der Waals surface area contributed by atoms with E-state index in [1.165, 1.54) is 28.4 Å². The van der Waals surface area contributed by atoms with Crippen molar-refractivity contribution in [3.63, 3.8) is 0 Å². The maximum Gasteiger partial charge on any atom is 0.417 e. The van der Waals surface area contributed by atoms with Crippen molar-refractivity contribution in [2.75, 3.05) is 37.7 Å².